The predicted molar refractivity (Wildman–Crippen MR) is 53.0 cm³/mol. The van der Waals surface area contributed by atoms with Crippen LogP contribution in [0.4, 0.5) is 0 Å². The lowest BCUT2D eigenvalue weighted by Crippen LogP contribution is -2.34. The number of nitriles is 1. The fourth-order valence-corrected chi connectivity index (χ4v) is 1.18. The summed E-state index contributed by atoms with van der Waals surface area (Å²) in [7, 11) is 0. The monoisotopic (exact) mass is 207 g/mol. The Hall–Kier alpha value is -1.83. The van der Waals surface area contributed by atoms with Crippen LogP contribution in [0.3, 0.4) is 0 Å². The highest BCUT2D eigenvalue weighted by Gasteiger charge is 2.17. The lowest BCUT2D eigenvalue weighted by molar-refractivity contribution is 0.0907. The van der Waals surface area contributed by atoms with Crippen molar-refractivity contribution in [1.82, 2.24) is 10.3 Å². The molecule has 0 aliphatic rings. The van der Waals surface area contributed by atoms with Gasteiger partial charge in [-0.3, -0.25) is 4.79 Å². The van der Waals surface area contributed by atoms with E-state index in [1.807, 2.05) is 13.0 Å². The third-order valence-corrected chi connectivity index (χ3v) is 2.12. The second kappa shape index (κ2) is 5.15. The molecule has 0 bridgehead atoms. The molecular formula is C10H13N3O2. The van der Waals surface area contributed by atoms with E-state index in [1.54, 1.807) is 6.92 Å². The van der Waals surface area contributed by atoms with Crippen molar-refractivity contribution in [2.45, 2.75) is 32.7 Å². The third kappa shape index (κ3) is 2.81. The Morgan fingerprint density at radius 1 is 1.80 bits per heavy atom. The Kier molecular flexibility index (Phi) is 3.86. The summed E-state index contributed by atoms with van der Waals surface area (Å²) < 4.78 is 4.94. The van der Waals surface area contributed by atoms with E-state index in [4.69, 9.17) is 9.68 Å². The average Bonchev–Trinajstić information content (AvgIpc) is 2.63. The van der Waals surface area contributed by atoms with Crippen molar-refractivity contribution in [3.8, 4) is 6.07 Å². The minimum Gasteiger partial charge on any atom is -0.438 e. The van der Waals surface area contributed by atoms with Crippen molar-refractivity contribution in [1.29, 1.82) is 5.26 Å². The molecule has 0 aromatic carbocycles. The van der Waals surface area contributed by atoms with Gasteiger partial charge in [0.25, 0.3) is 5.91 Å². The second-order valence-electron chi connectivity index (χ2n) is 3.21. The lowest BCUT2D eigenvalue weighted by atomic mass is 10.1. The van der Waals surface area contributed by atoms with E-state index < -0.39 is 0 Å². The van der Waals surface area contributed by atoms with Gasteiger partial charge in [0.15, 0.2) is 6.39 Å². The summed E-state index contributed by atoms with van der Waals surface area (Å²) in [6.45, 7) is 3.61. The molecule has 1 amide bonds. The van der Waals surface area contributed by atoms with Crippen molar-refractivity contribution in [3.05, 3.63) is 17.8 Å². The number of nitrogens with zero attached hydrogens (tertiary/aromatic N) is 2. The van der Waals surface area contributed by atoms with Gasteiger partial charge in [0, 0.05) is 6.04 Å². The molecule has 1 atom stereocenters. The van der Waals surface area contributed by atoms with Gasteiger partial charge in [-0.05, 0) is 13.3 Å². The van der Waals surface area contributed by atoms with Crippen LogP contribution in [-0.4, -0.2) is 16.9 Å². The highest BCUT2D eigenvalue weighted by Crippen LogP contribution is 2.06. The van der Waals surface area contributed by atoms with E-state index in [9.17, 15) is 4.79 Å². The summed E-state index contributed by atoms with van der Waals surface area (Å²) in [5.74, 6) is -0.0986. The van der Waals surface area contributed by atoms with Crippen LogP contribution in [0.2, 0.25) is 0 Å². The maximum atomic E-state index is 11.6. The maximum Gasteiger partial charge on any atom is 0.289 e. The minimum absolute atomic E-state index is 0.132. The predicted octanol–water partition coefficient (Wildman–Crippen LogP) is 1.41. The molecule has 5 nitrogen and oxygen atoms in total. The number of rotatable bonds is 4. The molecule has 1 heterocycles. The van der Waals surface area contributed by atoms with Crippen LogP contribution in [0.1, 0.15) is 36.0 Å². The Balaban J connectivity index is 2.63. The molecule has 80 valence electrons. The Bertz CT molecular complexity index is 378. The van der Waals surface area contributed by atoms with Crippen molar-refractivity contribution >= 4 is 5.91 Å². The van der Waals surface area contributed by atoms with E-state index in [1.165, 1.54) is 6.39 Å². The molecule has 1 unspecified atom stereocenters. The summed E-state index contributed by atoms with van der Waals surface area (Å²) >= 11 is 0. The number of oxazole rings is 1. The Morgan fingerprint density at radius 3 is 3.00 bits per heavy atom. The second-order valence-corrected chi connectivity index (χ2v) is 3.21. The molecule has 1 rings (SSSR count). The van der Waals surface area contributed by atoms with Crippen LogP contribution in [0, 0.1) is 18.3 Å². The molecule has 15 heavy (non-hydrogen) atoms. The number of hydrogen-bond acceptors (Lipinski definition) is 4. The van der Waals surface area contributed by atoms with E-state index >= 15 is 0 Å². The van der Waals surface area contributed by atoms with E-state index in [2.05, 4.69) is 10.3 Å². The van der Waals surface area contributed by atoms with Crippen molar-refractivity contribution in [2.75, 3.05) is 0 Å². The standard InChI is InChI=1S/C10H13N3O2/c1-3-8(4-5-11)13-10(14)9-7(2)12-6-15-9/h6,8H,3-4H2,1-2H3,(H,13,14). The molecule has 1 N–H and O–H groups in total. The molecule has 1 aromatic rings. The molecule has 0 aliphatic heterocycles. The summed E-state index contributed by atoms with van der Waals surface area (Å²) in [6.07, 6.45) is 2.25. The van der Waals surface area contributed by atoms with Gasteiger partial charge in [0.1, 0.15) is 0 Å². The summed E-state index contributed by atoms with van der Waals surface area (Å²) in [5, 5.41) is 11.2. The van der Waals surface area contributed by atoms with Crippen LogP contribution in [-0.2, 0) is 0 Å². The largest absolute Gasteiger partial charge is 0.438 e. The number of aromatic nitrogens is 1. The summed E-state index contributed by atoms with van der Waals surface area (Å²) in [5.41, 5.74) is 0.555. The van der Waals surface area contributed by atoms with Gasteiger partial charge in [-0.1, -0.05) is 6.92 Å². The number of hydrogen-bond donors (Lipinski definition) is 1. The quantitative estimate of drug-likeness (QED) is 0.809. The molecular weight excluding hydrogens is 194 g/mol. The third-order valence-electron chi connectivity index (χ3n) is 2.12. The summed E-state index contributed by atoms with van der Waals surface area (Å²) in [4.78, 5) is 15.4. The minimum atomic E-state index is -0.313. The van der Waals surface area contributed by atoms with Crippen molar-refractivity contribution < 1.29 is 9.21 Å². The SMILES string of the molecule is CCC(CC#N)NC(=O)c1ocnc1C. The smallest absolute Gasteiger partial charge is 0.289 e. The number of amides is 1. The van der Waals surface area contributed by atoms with E-state index in [0.29, 0.717) is 18.5 Å². The van der Waals surface area contributed by atoms with Crippen LogP contribution < -0.4 is 5.32 Å². The molecule has 0 aliphatic carbocycles. The molecule has 0 spiro atoms. The van der Waals surface area contributed by atoms with E-state index in [-0.39, 0.29) is 17.7 Å². The topological polar surface area (TPSA) is 78.9 Å². The Morgan fingerprint density at radius 2 is 2.53 bits per heavy atom. The van der Waals surface area contributed by atoms with Gasteiger partial charge in [-0.25, -0.2) is 4.98 Å². The number of aryl methyl sites for hydroxylation is 1. The van der Waals surface area contributed by atoms with Crippen LogP contribution in [0.5, 0.6) is 0 Å². The number of nitrogens with one attached hydrogen (secondary N) is 1. The van der Waals surface area contributed by atoms with Gasteiger partial charge in [-0.15, -0.1) is 0 Å². The van der Waals surface area contributed by atoms with Crippen molar-refractivity contribution in [2.24, 2.45) is 0 Å². The first kappa shape index (κ1) is 11.2. The summed E-state index contributed by atoms with van der Waals surface area (Å²) in [6, 6.07) is 1.89. The van der Waals surface area contributed by atoms with Gasteiger partial charge in [-0.2, -0.15) is 5.26 Å². The first-order valence-corrected chi connectivity index (χ1v) is 4.77. The zero-order chi connectivity index (χ0) is 11.3. The van der Waals surface area contributed by atoms with Crippen LogP contribution in [0.25, 0.3) is 0 Å². The molecule has 5 heteroatoms. The highest BCUT2D eigenvalue weighted by molar-refractivity contribution is 5.92. The van der Waals surface area contributed by atoms with Crippen LogP contribution in [0.15, 0.2) is 10.8 Å². The van der Waals surface area contributed by atoms with Gasteiger partial charge < -0.3 is 9.73 Å². The maximum absolute atomic E-state index is 11.6. The normalized spacial score (nSPS) is 11.8. The fourth-order valence-electron chi connectivity index (χ4n) is 1.18. The molecule has 0 radical (unpaired) electrons. The van der Waals surface area contributed by atoms with Gasteiger partial charge >= 0.3 is 0 Å². The number of carbonyl (C=O) groups excluding carboxylic acids is 1. The van der Waals surface area contributed by atoms with Gasteiger partial charge in [0.2, 0.25) is 5.76 Å². The first-order valence-electron chi connectivity index (χ1n) is 4.77. The zero-order valence-corrected chi connectivity index (χ0v) is 8.78. The average molecular weight is 207 g/mol. The molecule has 0 fully saturated rings. The number of carbonyl (C=O) groups is 1. The highest BCUT2D eigenvalue weighted by atomic mass is 16.3. The fraction of sp³-hybridized carbons (Fsp3) is 0.500. The lowest BCUT2D eigenvalue weighted by Gasteiger charge is -2.11. The van der Waals surface area contributed by atoms with E-state index in [0.717, 1.165) is 0 Å². The zero-order valence-electron chi connectivity index (χ0n) is 8.78. The molecule has 0 saturated heterocycles. The van der Waals surface area contributed by atoms with Gasteiger partial charge in [0.05, 0.1) is 18.2 Å². The van der Waals surface area contributed by atoms with Crippen LogP contribution >= 0.6 is 0 Å². The first-order chi connectivity index (χ1) is 7.19. The Labute approximate surface area is 88.1 Å². The molecule has 1 aromatic heterocycles. The molecule has 0 saturated carbocycles. The van der Waals surface area contributed by atoms with Crippen molar-refractivity contribution in [3.63, 3.8) is 0 Å².